The zero-order valence-electron chi connectivity index (χ0n) is 14.0. The van der Waals surface area contributed by atoms with Crippen LogP contribution in [-0.2, 0) is 21.4 Å². The van der Waals surface area contributed by atoms with Crippen LogP contribution in [0.25, 0.3) is 0 Å². The molecule has 4 rings (SSSR count). The molecule has 1 atom stereocenters. The Morgan fingerprint density at radius 1 is 1.08 bits per heavy atom. The van der Waals surface area contributed by atoms with Gasteiger partial charge in [-0.25, -0.2) is 4.79 Å². The monoisotopic (exact) mass is 335 g/mol. The Morgan fingerprint density at radius 2 is 1.80 bits per heavy atom. The number of carbonyl (C=O) groups excluding carboxylic acids is 2. The van der Waals surface area contributed by atoms with Crippen molar-refractivity contribution in [2.24, 2.45) is 0 Å². The molecule has 1 aliphatic heterocycles. The molecule has 0 aromatic heterocycles. The van der Waals surface area contributed by atoms with E-state index in [2.05, 4.69) is 17.4 Å². The lowest BCUT2D eigenvalue weighted by Crippen LogP contribution is -2.49. The molecule has 0 spiro atoms. The molecule has 4 heteroatoms. The predicted molar refractivity (Wildman–Crippen MR) is 94.3 cm³/mol. The molecule has 1 fully saturated rings. The van der Waals surface area contributed by atoms with Crippen molar-refractivity contribution < 1.29 is 14.3 Å². The second-order valence-corrected chi connectivity index (χ2v) is 6.97. The number of benzene rings is 2. The summed E-state index contributed by atoms with van der Waals surface area (Å²) in [5.74, 6) is -0.617. The quantitative estimate of drug-likeness (QED) is 0.874. The van der Waals surface area contributed by atoms with Crippen LogP contribution in [0.15, 0.2) is 54.6 Å². The van der Waals surface area contributed by atoms with Crippen LogP contribution in [0.5, 0.6) is 0 Å². The van der Waals surface area contributed by atoms with Gasteiger partial charge in [0.15, 0.2) is 6.10 Å². The van der Waals surface area contributed by atoms with Gasteiger partial charge in [0, 0.05) is 18.4 Å². The number of amides is 1. The fourth-order valence-electron chi connectivity index (χ4n) is 3.81. The maximum Gasteiger partial charge on any atom is 0.339 e. The number of carbonyl (C=O) groups is 2. The highest BCUT2D eigenvalue weighted by atomic mass is 16.5. The second-order valence-electron chi connectivity index (χ2n) is 6.97. The second kappa shape index (κ2) is 6.36. The summed E-state index contributed by atoms with van der Waals surface area (Å²) in [5.41, 5.74) is 2.73. The lowest BCUT2D eigenvalue weighted by atomic mass is 9.64. The van der Waals surface area contributed by atoms with Crippen LogP contribution in [0.4, 0.5) is 0 Å². The third-order valence-electron chi connectivity index (χ3n) is 5.48. The number of rotatable bonds is 4. The van der Waals surface area contributed by atoms with Gasteiger partial charge >= 0.3 is 5.97 Å². The predicted octanol–water partition coefficient (Wildman–Crippen LogP) is 3.01. The van der Waals surface area contributed by atoms with Gasteiger partial charge in [-0.2, -0.15) is 0 Å². The van der Waals surface area contributed by atoms with E-state index in [4.69, 9.17) is 4.74 Å². The average Bonchev–Trinajstić information content (AvgIpc) is 2.61. The minimum Gasteiger partial charge on any atom is -0.448 e. The molecule has 1 unspecified atom stereocenters. The molecular formula is C21H21NO3. The highest BCUT2D eigenvalue weighted by Gasteiger charge is 2.40. The Balaban J connectivity index is 1.44. The number of esters is 1. The van der Waals surface area contributed by atoms with Crippen molar-refractivity contribution in [3.8, 4) is 0 Å². The number of cyclic esters (lactones) is 1. The molecule has 0 bridgehead atoms. The zero-order valence-corrected chi connectivity index (χ0v) is 14.0. The van der Waals surface area contributed by atoms with E-state index in [9.17, 15) is 9.59 Å². The van der Waals surface area contributed by atoms with Crippen molar-refractivity contribution in [3.63, 3.8) is 0 Å². The molecule has 1 saturated carbocycles. The molecule has 2 aliphatic rings. The largest absolute Gasteiger partial charge is 0.448 e. The standard InChI is InChI=1S/C21H21NO3/c23-19(18-13-15-7-4-5-10-17(15)20(24)25-18)22-14-21(11-6-12-21)16-8-2-1-3-9-16/h1-5,7-10,18H,6,11-14H2,(H,22,23). The molecule has 1 N–H and O–H groups in total. The number of hydrogen-bond acceptors (Lipinski definition) is 3. The van der Waals surface area contributed by atoms with Crippen LogP contribution in [-0.4, -0.2) is 24.5 Å². The van der Waals surface area contributed by atoms with Gasteiger partial charge in [-0.3, -0.25) is 4.79 Å². The van der Waals surface area contributed by atoms with Gasteiger partial charge < -0.3 is 10.1 Å². The van der Waals surface area contributed by atoms with Gasteiger partial charge in [-0.1, -0.05) is 55.0 Å². The van der Waals surface area contributed by atoms with Crippen molar-refractivity contribution in [1.29, 1.82) is 0 Å². The molecule has 4 nitrogen and oxygen atoms in total. The van der Waals surface area contributed by atoms with Crippen molar-refractivity contribution in [1.82, 2.24) is 5.32 Å². The molecule has 0 radical (unpaired) electrons. The van der Waals surface area contributed by atoms with Crippen LogP contribution in [0.3, 0.4) is 0 Å². The summed E-state index contributed by atoms with van der Waals surface area (Å²) in [5, 5.41) is 3.03. The molecule has 0 saturated heterocycles. The normalized spacial score (nSPS) is 20.8. The van der Waals surface area contributed by atoms with Gasteiger partial charge in [0.05, 0.1) is 5.56 Å². The summed E-state index contributed by atoms with van der Waals surface area (Å²) in [6.45, 7) is 0.589. The van der Waals surface area contributed by atoms with Crippen LogP contribution in [0.2, 0.25) is 0 Å². The maximum atomic E-state index is 12.6. The van der Waals surface area contributed by atoms with Gasteiger partial charge in [0.1, 0.15) is 0 Å². The summed E-state index contributed by atoms with van der Waals surface area (Å²) >= 11 is 0. The third-order valence-corrected chi connectivity index (χ3v) is 5.48. The van der Waals surface area contributed by atoms with Crippen molar-refractivity contribution in [2.45, 2.75) is 37.2 Å². The Bertz CT molecular complexity index is 796. The Kier molecular flexibility index (Phi) is 4.04. The fourth-order valence-corrected chi connectivity index (χ4v) is 3.81. The van der Waals surface area contributed by atoms with E-state index in [0.29, 0.717) is 18.5 Å². The topological polar surface area (TPSA) is 55.4 Å². The molecule has 1 heterocycles. The summed E-state index contributed by atoms with van der Waals surface area (Å²) in [6.07, 6.45) is 3.02. The summed E-state index contributed by atoms with van der Waals surface area (Å²) in [6, 6.07) is 17.6. The number of ether oxygens (including phenoxy) is 1. The van der Waals surface area contributed by atoms with E-state index in [1.54, 1.807) is 12.1 Å². The smallest absolute Gasteiger partial charge is 0.339 e. The van der Waals surface area contributed by atoms with Gasteiger partial charge in [0.25, 0.3) is 5.91 Å². The van der Waals surface area contributed by atoms with Crippen molar-refractivity contribution >= 4 is 11.9 Å². The van der Waals surface area contributed by atoms with Crippen LogP contribution < -0.4 is 5.32 Å². The Hall–Kier alpha value is -2.62. The summed E-state index contributed by atoms with van der Waals surface area (Å²) < 4.78 is 5.35. The molecule has 25 heavy (non-hydrogen) atoms. The van der Waals surface area contributed by atoms with E-state index in [1.807, 2.05) is 30.3 Å². The fraction of sp³-hybridized carbons (Fsp3) is 0.333. The molecule has 2 aromatic carbocycles. The highest BCUT2D eigenvalue weighted by Crippen LogP contribution is 2.43. The first-order valence-corrected chi connectivity index (χ1v) is 8.80. The highest BCUT2D eigenvalue weighted by molar-refractivity contribution is 5.95. The Labute approximate surface area is 147 Å². The van der Waals surface area contributed by atoms with Gasteiger partial charge in [-0.05, 0) is 30.0 Å². The number of hydrogen-bond donors (Lipinski definition) is 1. The maximum absolute atomic E-state index is 12.6. The summed E-state index contributed by atoms with van der Waals surface area (Å²) in [4.78, 5) is 24.7. The summed E-state index contributed by atoms with van der Waals surface area (Å²) in [7, 11) is 0. The van der Waals surface area contributed by atoms with E-state index in [1.165, 1.54) is 12.0 Å². The minimum atomic E-state index is -0.740. The first-order chi connectivity index (χ1) is 12.2. The first kappa shape index (κ1) is 15.9. The van der Waals surface area contributed by atoms with E-state index in [-0.39, 0.29) is 11.3 Å². The third kappa shape index (κ3) is 2.93. The van der Waals surface area contributed by atoms with Gasteiger partial charge in [0.2, 0.25) is 0 Å². The van der Waals surface area contributed by atoms with E-state index >= 15 is 0 Å². The number of nitrogens with one attached hydrogen (secondary N) is 1. The SMILES string of the molecule is O=C1OC(C(=O)NCC2(c3ccccc3)CCC2)Cc2ccccc21. The Morgan fingerprint density at radius 3 is 2.52 bits per heavy atom. The van der Waals surface area contributed by atoms with E-state index in [0.717, 1.165) is 18.4 Å². The lowest BCUT2D eigenvalue weighted by Gasteiger charge is -2.43. The van der Waals surface area contributed by atoms with Crippen molar-refractivity contribution in [3.05, 3.63) is 71.3 Å². The number of fused-ring (bicyclic) bond motifs is 1. The van der Waals surface area contributed by atoms with Gasteiger partial charge in [-0.15, -0.1) is 0 Å². The molecule has 2 aromatic rings. The molecule has 1 amide bonds. The van der Waals surface area contributed by atoms with E-state index < -0.39 is 12.1 Å². The lowest BCUT2D eigenvalue weighted by molar-refractivity contribution is -0.130. The molecule has 128 valence electrons. The average molecular weight is 335 g/mol. The van der Waals surface area contributed by atoms with Crippen molar-refractivity contribution in [2.75, 3.05) is 6.54 Å². The molecular weight excluding hydrogens is 314 g/mol. The van der Waals surface area contributed by atoms with Crippen LogP contribution in [0.1, 0.15) is 40.7 Å². The molecule has 1 aliphatic carbocycles. The first-order valence-electron chi connectivity index (χ1n) is 8.80. The minimum absolute atomic E-state index is 0.0213. The zero-order chi connectivity index (χ0) is 17.3. The van der Waals surface area contributed by atoms with Crippen LogP contribution >= 0.6 is 0 Å². The van der Waals surface area contributed by atoms with Crippen LogP contribution in [0, 0.1) is 0 Å².